The molecule has 2 heterocycles. The van der Waals surface area contributed by atoms with Crippen molar-refractivity contribution in [3.05, 3.63) is 0 Å². The molecule has 2 rings (SSSR count). The van der Waals surface area contributed by atoms with Crippen LogP contribution in [0, 0.1) is 0 Å². The summed E-state index contributed by atoms with van der Waals surface area (Å²) in [7, 11) is 0. The molecule has 0 radical (unpaired) electrons. The number of hydrogen-bond donors (Lipinski definition) is 2. The van der Waals surface area contributed by atoms with E-state index >= 15 is 0 Å². The molecule has 0 aromatic carbocycles. The van der Waals surface area contributed by atoms with E-state index < -0.39 is 12.2 Å². The van der Waals surface area contributed by atoms with E-state index in [1.54, 1.807) is 4.90 Å². The fraction of sp³-hybridized carbons (Fsp3) is 1.00. The molecule has 2 saturated heterocycles. The summed E-state index contributed by atoms with van der Waals surface area (Å²) < 4.78 is 42.5. The Balaban J connectivity index is 1.92. The normalized spacial score (nSPS) is 34.6. The van der Waals surface area contributed by atoms with Gasteiger partial charge in [-0.15, -0.1) is 0 Å². The highest BCUT2D eigenvalue weighted by atomic mass is 19.4. The van der Waals surface area contributed by atoms with Crippen LogP contribution in [0.2, 0.25) is 0 Å². The standard InChI is InChI=1S/C8H14F3N3O/c9-8(10,11)6-3-14(2-1-12-6)7-4-15-5-13-7/h6-7,12-13H,1-5H2. The molecule has 2 aliphatic heterocycles. The number of rotatable bonds is 1. The van der Waals surface area contributed by atoms with Crippen LogP contribution in [-0.4, -0.2) is 56.3 Å². The van der Waals surface area contributed by atoms with E-state index in [0.717, 1.165) is 0 Å². The lowest BCUT2D eigenvalue weighted by molar-refractivity contribution is -0.166. The van der Waals surface area contributed by atoms with Crippen LogP contribution < -0.4 is 10.6 Å². The van der Waals surface area contributed by atoms with Crippen molar-refractivity contribution in [2.45, 2.75) is 18.4 Å². The molecule has 0 bridgehead atoms. The van der Waals surface area contributed by atoms with E-state index in [1.165, 1.54) is 0 Å². The summed E-state index contributed by atoms with van der Waals surface area (Å²) in [6.45, 7) is 1.86. The molecule has 7 heteroatoms. The van der Waals surface area contributed by atoms with E-state index in [4.69, 9.17) is 4.74 Å². The summed E-state index contributed by atoms with van der Waals surface area (Å²) in [5.74, 6) is 0. The highest BCUT2D eigenvalue weighted by molar-refractivity contribution is 4.87. The molecule has 2 atom stereocenters. The zero-order valence-electron chi connectivity index (χ0n) is 8.18. The second kappa shape index (κ2) is 4.25. The summed E-state index contributed by atoms with van der Waals surface area (Å²) >= 11 is 0. The van der Waals surface area contributed by atoms with E-state index in [-0.39, 0.29) is 12.7 Å². The quantitative estimate of drug-likeness (QED) is 0.644. The lowest BCUT2D eigenvalue weighted by Crippen LogP contribution is -2.61. The SMILES string of the molecule is FC(F)(F)C1CN(C2COCN2)CCN1. The Morgan fingerprint density at radius 2 is 2.07 bits per heavy atom. The third kappa shape index (κ3) is 2.60. The van der Waals surface area contributed by atoms with E-state index in [1.807, 2.05) is 0 Å². The topological polar surface area (TPSA) is 36.5 Å². The maximum absolute atomic E-state index is 12.5. The van der Waals surface area contributed by atoms with Gasteiger partial charge in [-0.3, -0.25) is 10.2 Å². The number of hydrogen-bond acceptors (Lipinski definition) is 4. The Labute approximate surface area is 85.8 Å². The van der Waals surface area contributed by atoms with Gasteiger partial charge in [-0.1, -0.05) is 0 Å². The van der Waals surface area contributed by atoms with Gasteiger partial charge in [-0.25, -0.2) is 0 Å². The first-order valence-corrected chi connectivity index (χ1v) is 4.92. The van der Waals surface area contributed by atoms with Crippen molar-refractivity contribution in [1.29, 1.82) is 0 Å². The lowest BCUT2D eigenvalue weighted by atomic mass is 10.2. The number of alkyl halides is 3. The smallest absolute Gasteiger partial charge is 0.363 e. The van der Waals surface area contributed by atoms with E-state index in [2.05, 4.69) is 10.6 Å². The zero-order valence-corrected chi connectivity index (χ0v) is 8.18. The second-order valence-electron chi connectivity index (χ2n) is 3.78. The van der Waals surface area contributed by atoms with Gasteiger partial charge in [-0.2, -0.15) is 13.2 Å². The van der Waals surface area contributed by atoms with Gasteiger partial charge < -0.3 is 10.1 Å². The Morgan fingerprint density at radius 3 is 2.67 bits per heavy atom. The van der Waals surface area contributed by atoms with Gasteiger partial charge in [0.25, 0.3) is 0 Å². The maximum atomic E-state index is 12.5. The van der Waals surface area contributed by atoms with Crippen molar-refractivity contribution in [1.82, 2.24) is 15.5 Å². The van der Waals surface area contributed by atoms with Crippen LogP contribution in [0.1, 0.15) is 0 Å². The number of ether oxygens (including phenoxy) is 1. The average molecular weight is 225 g/mol. The molecule has 0 spiro atoms. The summed E-state index contributed by atoms with van der Waals surface area (Å²) in [5.41, 5.74) is 0. The van der Waals surface area contributed by atoms with Crippen molar-refractivity contribution < 1.29 is 17.9 Å². The minimum atomic E-state index is -4.17. The average Bonchev–Trinajstić information content (AvgIpc) is 2.69. The van der Waals surface area contributed by atoms with Gasteiger partial charge in [0.2, 0.25) is 0 Å². The summed E-state index contributed by atoms with van der Waals surface area (Å²) in [6, 6.07) is -1.42. The molecular formula is C8H14F3N3O. The molecule has 4 nitrogen and oxygen atoms in total. The van der Waals surface area contributed by atoms with Crippen molar-refractivity contribution in [2.24, 2.45) is 0 Å². The number of nitrogens with zero attached hydrogens (tertiary/aromatic N) is 1. The largest absolute Gasteiger partial charge is 0.405 e. The molecule has 0 saturated carbocycles. The van der Waals surface area contributed by atoms with Crippen LogP contribution in [-0.2, 0) is 4.74 Å². The first-order chi connectivity index (χ1) is 7.07. The van der Waals surface area contributed by atoms with Gasteiger partial charge in [0.1, 0.15) is 6.04 Å². The predicted octanol–water partition coefficient (Wildman–Crippen LogP) is -0.274. The molecule has 2 aliphatic rings. The summed E-state index contributed by atoms with van der Waals surface area (Å²) in [6.07, 6.45) is -4.24. The highest BCUT2D eigenvalue weighted by Gasteiger charge is 2.43. The number of piperazine rings is 1. The molecule has 0 aromatic rings. The Bertz CT molecular complexity index is 218. The third-order valence-corrected chi connectivity index (χ3v) is 2.74. The minimum absolute atomic E-state index is 0.00940. The van der Waals surface area contributed by atoms with Gasteiger partial charge in [0.15, 0.2) is 0 Å². The van der Waals surface area contributed by atoms with E-state index in [0.29, 0.717) is 26.4 Å². The first-order valence-electron chi connectivity index (χ1n) is 4.92. The van der Waals surface area contributed by atoms with Crippen molar-refractivity contribution >= 4 is 0 Å². The van der Waals surface area contributed by atoms with E-state index in [9.17, 15) is 13.2 Å². The fourth-order valence-corrected chi connectivity index (χ4v) is 1.89. The van der Waals surface area contributed by atoms with Gasteiger partial charge in [0, 0.05) is 19.6 Å². The van der Waals surface area contributed by atoms with Crippen molar-refractivity contribution in [3.8, 4) is 0 Å². The fourth-order valence-electron chi connectivity index (χ4n) is 1.89. The number of halogens is 3. The Hall–Kier alpha value is -0.370. The van der Waals surface area contributed by atoms with Crippen LogP contribution in [0.3, 0.4) is 0 Å². The molecule has 2 unspecified atom stereocenters. The zero-order chi connectivity index (χ0) is 10.9. The van der Waals surface area contributed by atoms with Crippen molar-refractivity contribution in [2.75, 3.05) is 33.0 Å². The Morgan fingerprint density at radius 1 is 1.27 bits per heavy atom. The third-order valence-electron chi connectivity index (χ3n) is 2.74. The van der Waals surface area contributed by atoms with Gasteiger partial charge in [-0.05, 0) is 0 Å². The molecule has 0 aromatic heterocycles. The van der Waals surface area contributed by atoms with Crippen LogP contribution in [0.15, 0.2) is 0 Å². The monoisotopic (exact) mass is 225 g/mol. The second-order valence-corrected chi connectivity index (χ2v) is 3.78. The molecular weight excluding hydrogens is 211 g/mol. The predicted molar refractivity (Wildman–Crippen MR) is 47.2 cm³/mol. The lowest BCUT2D eigenvalue weighted by Gasteiger charge is -2.37. The highest BCUT2D eigenvalue weighted by Crippen LogP contribution is 2.23. The summed E-state index contributed by atoms with van der Waals surface area (Å²) in [5, 5.41) is 5.48. The maximum Gasteiger partial charge on any atom is 0.405 e. The molecule has 88 valence electrons. The first kappa shape index (κ1) is 11.1. The molecule has 2 fully saturated rings. The van der Waals surface area contributed by atoms with Crippen LogP contribution in [0.4, 0.5) is 13.2 Å². The number of nitrogens with one attached hydrogen (secondary N) is 2. The van der Waals surface area contributed by atoms with Crippen LogP contribution >= 0.6 is 0 Å². The van der Waals surface area contributed by atoms with Crippen LogP contribution in [0.5, 0.6) is 0 Å². The van der Waals surface area contributed by atoms with Gasteiger partial charge >= 0.3 is 6.18 Å². The molecule has 15 heavy (non-hydrogen) atoms. The van der Waals surface area contributed by atoms with Gasteiger partial charge in [0.05, 0.1) is 19.5 Å². The Kier molecular flexibility index (Phi) is 3.15. The molecule has 0 amide bonds. The summed E-state index contributed by atoms with van der Waals surface area (Å²) in [4.78, 5) is 1.78. The van der Waals surface area contributed by atoms with Crippen molar-refractivity contribution in [3.63, 3.8) is 0 Å². The molecule has 2 N–H and O–H groups in total. The molecule has 0 aliphatic carbocycles. The minimum Gasteiger partial charge on any atom is -0.363 e. The van der Waals surface area contributed by atoms with Crippen LogP contribution in [0.25, 0.3) is 0 Å².